The molecule has 0 bridgehead atoms. The first-order valence-electron chi connectivity index (χ1n) is 12.4. The number of hydrogen-bond donors (Lipinski definition) is 2. The van der Waals surface area contributed by atoms with E-state index in [0.29, 0.717) is 18.4 Å². The molecule has 2 aliphatic heterocycles. The van der Waals surface area contributed by atoms with Crippen LogP contribution in [0.1, 0.15) is 68.1 Å². The molecule has 5 rings (SSSR count). The average Bonchev–Trinajstić information content (AvgIpc) is 3.59. The van der Waals surface area contributed by atoms with Gasteiger partial charge < -0.3 is 15.0 Å². The molecule has 3 aliphatic rings. The van der Waals surface area contributed by atoms with E-state index in [-0.39, 0.29) is 29.4 Å². The Hall–Kier alpha value is -2.42. The number of hydrogen-bond acceptors (Lipinski definition) is 6. The fourth-order valence-electron chi connectivity index (χ4n) is 5.81. The Morgan fingerprint density at radius 2 is 1.77 bits per heavy atom. The second-order valence-corrected chi connectivity index (χ2v) is 13.1. The zero-order valence-electron chi connectivity index (χ0n) is 20.9. The molecule has 1 aliphatic carbocycles. The van der Waals surface area contributed by atoms with Gasteiger partial charge in [0.25, 0.3) is 0 Å². The van der Waals surface area contributed by atoms with E-state index in [4.69, 9.17) is 9.88 Å². The molecule has 0 amide bonds. The van der Waals surface area contributed by atoms with Crippen LogP contribution in [0.15, 0.2) is 42.5 Å². The minimum absolute atomic E-state index is 0.0894. The van der Waals surface area contributed by atoms with E-state index in [2.05, 4.69) is 62.2 Å². The molecule has 35 heavy (non-hydrogen) atoms. The van der Waals surface area contributed by atoms with Gasteiger partial charge in [-0.3, -0.25) is 4.79 Å². The number of benzene rings is 2. The number of primary sulfonamides is 1. The molecule has 188 valence electrons. The standard InChI is InChI=1S/C27H35N3O4S/c1-17-15-30(16-18(2)34-17)22-7-5-6-19(13-22)24-26(3,4)14-21-12-20(8-9-23(21)29-24)25(31)27(10-11-27)35(28,32)33/h5-9,12-13,17-18,24,29H,10-11,14-16H2,1-4H3,(H2,28,32,33). The van der Waals surface area contributed by atoms with Crippen LogP contribution in [0.2, 0.25) is 0 Å². The molecule has 2 heterocycles. The van der Waals surface area contributed by atoms with Crippen LogP contribution in [0, 0.1) is 5.41 Å². The van der Waals surface area contributed by atoms with Crippen LogP contribution in [0.25, 0.3) is 0 Å². The topological polar surface area (TPSA) is 102 Å². The summed E-state index contributed by atoms with van der Waals surface area (Å²) in [7, 11) is -3.93. The van der Waals surface area contributed by atoms with Crippen molar-refractivity contribution in [3.63, 3.8) is 0 Å². The highest BCUT2D eigenvalue weighted by molar-refractivity contribution is 7.91. The molecule has 3 atom stereocenters. The van der Waals surface area contributed by atoms with Crippen molar-refractivity contribution in [2.24, 2.45) is 10.6 Å². The van der Waals surface area contributed by atoms with Crippen LogP contribution in [0.5, 0.6) is 0 Å². The Bertz CT molecular complexity index is 1260. The average molecular weight is 498 g/mol. The van der Waals surface area contributed by atoms with Crippen LogP contribution in [-0.2, 0) is 21.2 Å². The highest BCUT2D eigenvalue weighted by Gasteiger charge is 2.59. The molecule has 1 saturated carbocycles. The highest BCUT2D eigenvalue weighted by atomic mass is 32.2. The smallest absolute Gasteiger partial charge is 0.222 e. The fraction of sp³-hybridized carbons (Fsp3) is 0.519. The van der Waals surface area contributed by atoms with E-state index in [1.54, 1.807) is 6.07 Å². The predicted molar refractivity (Wildman–Crippen MR) is 138 cm³/mol. The number of morpholine rings is 1. The summed E-state index contributed by atoms with van der Waals surface area (Å²) in [6.07, 6.45) is 1.74. The molecule has 7 nitrogen and oxygen atoms in total. The first-order valence-corrected chi connectivity index (χ1v) is 13.9. The maximum Gasteiger partial charge on any atom is 0.222 e. The Morgan fingerprint density at radius 1 is 1.09 bits per heavy atom. The van der Waals surface area contributed by atoms with E-state index in [0.717, 1.165) is 30.8 Å². The van der Waals surface area contributed by atoms with Crippen molar-refractivity contribution < 1.29 is 17.9 Å². The Labute approximate surface area is 208 Å². The Balaban J connectivity index is 1.42. The van der Waals surface area contributed by atoms with Crippen LogP contribution in [-0.4, -0.2) is 44.2 Å². The maximum atomic E-state index is 13.0. The number of sulfonamides is 1. The van der Waals surface area contributed by atoms with Crippen LogP contribution in [0.4, 0.5) is 11.4 Å². The number of nitrogens with one attached hydrogen (secondary N) is 1. The zero-order valence-corrected chi connectivity index (χ0v) is 21.7. The van der Waals surface area contributed by atoms with Crippen molar-refractivity contribution in [3.05, 3.63) is 59.2 Å². The molecular formula is C27H35N3O4S. The number of rotatable bonds is 5. The summed E-state index contributed by atoms with van der Waals surface area (Å²) in [5.41, 5.74) is 4.71. The molecule has 2 aromatic rings. The SMILES string of the molecule is CC1CN(c2cccc(C3Nc4ccc(C(=O)C5(S(N)(=O)=O)CC5)cc4CC3(C)C)c2)CC(C)O1. The van der Waals surface area contributed by atoms with Gasteiger partial charge in [0, 0.05) is 30.0 Å². The minimum Gasteiger partial charge on any atom is -0.377 e. The number of nitrogens with two attached hydrogens (primary N) is 1. The Kier molecular flexibility index (Phi) is 5.77. The van der Waals surface area contributed by atoms with Crippen molar-refractivity contribution in [2.75, 3.05) is 23.3 Å². The molecule has 3 unspecified atom stereocenters. The van der Waals surface area contributed by atoms with Gasteiger partial charge in [0.2, 0.25) is 10.0 Å². The number of nitrogens with zero attached hydrogens (tertiary/aromatic N) is 1. The van der Waals surface area contributed by atoms with Gasteiger partial charge in [-0.2, -0.15) is 0 Å². The lowest BCUT2D eigenvalue weighted by Crippen LogP contribution is -2.45. The van der Waals surface area contributed by atoms with Gasteiger partial charge in [-0.05, 0) is 80.0 Å². The third-order valence-corrected chi connectivity index (χ3v) is 9.43. The van der Waals surface area contributed by atoms with Crippen molar-refractivity contribution in [1.82, 2.24) is 0 Å². The molecule has 0 aromatic heterocycles. The number of carbonyl (C=O) groups excluding carboxylic acids is 1. The van der Waals surface area contributed by atoms with Crippen molar-refractivity contribution in [2.45, 2.75) is 70.0 Å². The second kappa shape index (κ2) is 8.32. The zero-order chi connectivity index (χ0) is 25.2. The molecule has 2 aromatic carbocycles. The van der Waals surface area contributed by atoms with Gasteiger partial charge in [0.1, 0.15) is 4.75 Å². The molecular weight excluding hydrogens is 462 g/mol. The summed E-state index contributed by atoms with van der Waals surface area (Å²) in [6.45, 7) is 10.4. The maximum absolute atomic E-state index is 13.0. The lowest BCUT2D eigenvalue weighted by atomic mass is 9.72. The predicted octanol–water partition coefficient (Wildman–Crippen LogP) is 4.04. The van der Waals surface area contributed by atoms with Crippen molar-refractivity contribution in [3.8, 4) is 0 Å². The van der Waals surface area contributed by atoms with Gasteiger partial charge in [-0.1, -0.05) is 26.0 Å². The summed E-state index contributed by atoms with van der Waals surface area (Å²) in [4.78, 5) is 15.4. The lowest BCUT2D eigenvalue weighted by molar-refractivity contribution is -0.00522. The number of ketones is 1. The number of carbonyl (C=O) groups is 1. The highest BCUT2D eigenvalue weighted by Crippen LogP contribution is 2.48. The van der Waals surface area contributed by atoms with E-state index >= 15 is 0 Å². The van der Waals surface area contributed by atoms with Crippen molar-refractivity contribution in [1.29, 1.82) is 0 Å². The first kappa shape index (κ1) is 24.3. The van der Waals surface area contributed by atoms with Crippen LogP contribution >= 0.6 is 0 Å². The van der Waals surface area contributed by atoms with Gasteiger partial charge >= 0.3 is 0 Å². The minimum atomic E-state index is -3.93. The van der Waals surface area contributed by atoms with Gasteiger partial charge in [-0.15, -0.1) is 0 Å². The van der Waals surface area contributed by atoms with E-state index < -0.39 is 14.8 Å². The van der Waals surface area contributed by atoms with Gasteiger partial charge in [-0.25, -0.2) is 13.6 Å². The summed E-state index contributed by atoms with van der Waals surface area (Å²) < 4.78 is 28.5. The molecule has 3 N–H and O–H groups in total. The summed E-state index contributed by atoms with van der Waals surface area (Å²) in [5.74, 6) is -0.385. The van der Waals surface area contributed by atoms with Crippen LogP contribution < -0.4 is 15.4 Å². The molecule has 8 heteroatoms. The van der Waals surface area contributed by atoms with Crippen LogP contribution in [0.3, 0.4) is 0 Å². The van der Waals surface area contributed by atoms with Gasteiger partial charge in [0.15, 0.2) is 5.78 Å². The summed E-state index contributed by atoms with van der Waals surface area (Å²) >= 11 is 0. The molecule has 0 radical (unpaired) electrons. The fourth-order valence-corrected chi connectivity index (χ4v) is 6.85. The number of ether oxygens (including phenoxy) is 1. The lowest BCUT2D eigenvalue weighted by Gasteiger charge is -2.42. The quantitative estimate of drug-likeness (QED) is 0.605. The monoisotopic (exact) mass is 497 g/mol. The third-order valence-electron chi connectivity index (χ3n) is 7.75. The summed E-state index contributed by atoms with van der Waals surface area (Å²) in [6, 6.07) is 14.3. The summed E-state index contributed by atoms with van der Waals surface area (Å²) in [5, 5.41) is 9.09. The third kappa shape index (κ3) is 4.36. The Morgan fingerprint density at radius 3 is 2.40 bits per heavy atom. The molecule has 2 fully saturated rings. The van der Waals surface area contributed by atoms with Gasteiger partial charge in [0.05, 0.1) is 18.2 Å². The van der Waals surface area contributed by atoms with E-state index in [1.165, 1.54) is 11.3 Å². The first-order chi connectivity index (χ1) is 16.4. The van der Waals surface area contributed by atoms with Crippen molar-refractivity contribution >= 4 is 27.2 Å². The number of Topliss-reactive ketones (excluding diaryl/α,β-unsaturated/α-hetero) is 1. The van der Waals surface area contributed by atoms with E-state index in [9.17, 15) is 13.2 Å². The second-order valence-electron chi connectivity index (χ2n) is 11.2. The normalized spacial score (nSPS) is 27.0. The number of anilines is 2. The largest absolute Gasteiger partial charge is 0.377 e. The molecule has 0 spiro atoms. The number of fused-ring (bicyclic) bond motifs is 1. The molecule has 1 saturated heterocycles. The van der Waals surface area contributed by atoms with E-state index in [1.807, 2.05) is 12.1 Å².